The van der Waals surface area contributed by atoms with Gasteiger partial charge in [0.25, 0.3) is 0 Å². The van der Waals surface area contributed by atoms with E-state index in [0.29, 0.717) is 12.8 Å². The molecule has 0 saturated carbocycles. The Morgan fingerprint density at radius 1 is 0.692 bits per heavy atom. The number of hydrogen-bond acceptors (Lipinski definition) is 0. The van der Waals surface area contributed by atoms with Crippen molar-refractivity contribution >= 4 is 0 Å². The molecule has 0 aromatic heterocycles. The fourth-order valence-corrected chi connectivity index (χ4v) is 3.74. The van der Waals surface area contributed by atoms with Crippen LogP contribution in [0.5, 0.6) is 0 Å². The fraction of sp³-hybridized carbons (Fsp3) is 1.00. The average molecular weight is 390 g/mol. The van der Waals surface area contributed by atoms with Crippen LogP contribution in [0, 0.1) is 34.5 Å². The molecule has 0 heterocycles. The third-order valence-corrected chi connectivity index (χ3v) is 5.64. The van der Waals surface area contributed by atoms with Crippen molar-refractivity contribution in [2.45, 2.75) is 93.4 Å². The molecule has 6 heteroatoms. The first kappa shape index (κ1) is 25.6. The van der Waals surface area contributed by atoms with Crippen LogP contribution in [-0.4, -0.2) is 12.4 Å². The molecule has 0 aliphatic carbocycles. The van der Waals surface area contributed by atoms with Crippen molar-refractivity contribution in [3.8, 4) is 0 Å². The van der Waals surface area contributed by atoms with Gasteiger partial charge in [-0.25, -0.2) is 0 Å². The highest BCUT2D eigenvalue weighted by atomic mass is 19.4. The summed E-state index contributed by atoms with van der Waals surface area (Å²) in [6.45, 7) is 14.1. The first-order chi connectivity index (χ1) is 11.2. The lowest BCUT2D eigenvalue weighted by atomic mass is 9.68. The minimum atomic E-state index is -4.24. The Morgan fingerprint density at radius 2 is 1.15 bits per heavy atom. The van der Waals surface area contributed by atoms with Crippen LogP contribution in [0.4, 0.5) is 26.3 Å². The third kappa shape index (κ3) is 9.50. The molecule has 0 spiro atoms. The standard InChI is InChI=1S/C20H36F6/c1-13(16(18(6,7)8)12-19(21,22)23)9-10-15(17(3,4)5)11-14(2)20(24,25)26/h13-16H,9-12H2,1-8H3. The zero-order valence-corrected chi connectivity index (χ0v) is 17.4. The van der Waals surface area contributed by atoms with Gasteiger partial charge in [-0.05, 0) is 41.4 Å². The summed E-state index contributed by atoms with van der Waals surface area (Å²) in [7, 11) is 0. The van der Waals surface area contributed by atoms with Crippen molar-refractivity contribution in [3.63, 3.8) is 0 Å². The fourth-order valence-electron chi connectivity index (χ4n) is 3.74. The van der Waals surface area contributed by atoms with E-state index in [1.165, 1.54) is 6.92 Å². The average Bonchev–Trinajstić information content (AvgIpc) is 2.35. The first-order valence-electron chi connectivity index (χ1n) is 9.38. The van der Waals surface area contributed by atoms with Crippen molar-refractivity contribution < 1.29 is 26.3 Å². The largest absolute Gasteiger partial charge is 0.391 e. The van der Waals surface area contributed by atoms with Crippen LogP contribution in [0.3, 0.4) is 0 Å². The number of halogens is 6. The summed E-state index contributed by atoms with van der Waals surface area (Å²) < 4.78 is 77.7. The minimum absolute atomic E-state index is 0.0131. The van der Waals surface area contributed by atoms with Gasteiger partial charge in [-0.3, -0.25) is 0 Å². The summed E-state index contributed by atoms with van der Waals surface area (Å²) in [4.78, 5) is 0. The third-order valence-electron chi connectivity index (χ3n) is 5.64. The van der Waals surface area contributed by atoms with Crippen molar-refractivity contribution in [2.75, 3.05) is 0 Å². The molecule has 0 N–H and O–H groups in total. The molecule has 0 bridgehead atoms. The van der Waals surface area contributed by atoms with Gasteiger partial charge >= 0.3 is 12.4 Å². The van der Waals surface area contributed by atoms with E-state index in [9.17, 15) is 26.3 Å². The summed E-state index contributed by atoms with van der Waals surface area (Å²) in [5, 5.41) is 0. The second-order valence-electron chi connectivity index (χ2n) is 10.1. The van der Waals surface area contributed by atoms with E-state index < -0.39 is 36.0 Å². The first-order valence-corrected chi connectivity index (χ1v) is 9.38. The maximum absolute atomic E-state index is 13.0. The number of alkyl halides is 6. The quantitative estimate of drug-likeness (QED) is 0.384. The van der Waals surface area contributed by atoms with Gasteiger partial charge in [0.1, 0.15) is 0 Å². The van der Waals surface area contributed by atoms with Gasteiger partial charge in [0.05, 0.1) is 5.92 Å². The molecule has 158 valence electrons. The van der Waals surface area contributed by atoms with Crippen LogP contribution in [0.15, 0.2) is 0 Å². The SMILES string of the molecule is CC(CCC(CC(C)C(F)(F)F)C(C)(C)C)C(CC(F)(F)F)C(C)(C)C. The molecule has 0 rings (SSSR count). The highest BCUT2D eigenvalue weighted by Crippen LogP contribution is 2.44. The molecule has 4 atom stereocenters. The van der Waals surface area contributed by atoms with E-state index in [0.717, 1.165) is 0 Å². The van der Waals surface area contributed by atoms with Gasteiger partial charge in [0.15, 0.2) is 0 Å². The van der Waals surface area contributed by atoms with Crippen LogP contribution in [0.2, 0.25) is 0 Å². The lowest BCUT2D eigenvalue weighted by molar-refractivity contribution is -0.176. The molecule has 4 unspecified atom stereocenters. The smallest absolute Gasteiger partial charge is 0.171 e. The van der Waals surface area contributed by atoms with Crippen LogP contribution in [-0.2, 0) is 0 Å². The minimum Gasteiger partial charge on any atom is -0.171 e. The van der Waals surface area contributed by atoms with Gasteiger partial charge in [-0.1, -0.05) is 61.8 Å². The molecule has 26 heavy (non-hydrogen) atoms. The molecular weight excluding hydrogens is 354 g/mol. The highest BCUT2D eigenvalue weighted by molar-refractivity contribution is 4.84. The summed E-state index contributed by atoms with van der Waals surface area (Å²) in [6, 6.07) is 0. The van der Waals surface area contributed by atoms with E-state index in [2.05, 4.69) is 0 Å². The maximum Gasteiger partial charge on any atom is 0.391 e. The molecule has 0 radical (unpaired) electrons. The monoisotopic (exact) mass is 390 g/mol. The highest BCUT2D eigenvalue weighted by Gasteiger charge is 2.42. The van der Waals surface area contributed by atoms with E-state index in [-0.39, 0.29) is 23.7 Å². The summed E-state index contributed by atoms with van der Waals surface area (Å²) in [6.07, 6.45) is -8.30. The molecular formula is C20H36F6. The Morgan fingerprint density at radius 3 is 1.46 bits per heavy atom. The van der Waals surface area contributed by atoms with Crippen molar-refractivity contribution in [1.82, 2.24) is 0 Å². The Bertz CT molecular complexity index is 408. The normalized spacial score (nSPS) is 19.2. The predicted octanol–water partition coefficient (Wildman–Crippen LogP) is 8.27. The topological polar surface area (TPSA) is 0 Å². The van der Waals surface area contributed by atoms with E-state index in [1.807, 2.05) is 20.8 Å². The molecule has 0 aromatic carbocycles. The van der Waals surface area contributed by atoms with Gasteiger partial charge in [0.2, 0.25) is 0 Å². The Balaban J connectivity index is 5.14. The summed E-state index contributed by atoms with van der Waals surface area (Å²) in [5.74, 6) is -2.35. The second kappa shape index (κ2) is 8.72. The predicted molar refractivity (Wildman–Crippen MR) is 94.8 cm³/mol. The van der Waals surface area contributed by atoms with Crippen molar-refractivity contribution in [1.29, 1.82) is 0 Å². The number of hydrogen-bond donors (Lipinski definition) is 0. The Kier molecular flexibility index (Phi) is 8.58. The van der Waals surface area contributed by atoms with Gasteiger partial charge in [-0.2, -0.15) is 26.3 Å². The lowest BCUT2D eigenvalue weighted by Crippen LogP contribution is -2.33. The lowest BCUT2D eigenvalue weighted by Gasteiger charge is -2.38. The van der Waals surface area contributed by atoms with E-state index in [1.54, 1.807) is 27.7 Å². The number of rotatable bonds is 7. The van der Waals surface area contributed by atoms with Gasteiger partial charge < -0.3 is 0 Å². The summed E-state index contributed by atoms with van der Waals surface area (Å²) >= 11 is 0. The molecule has 0 saturated heterocycles. The maximum atomic E-state index is 13.0. The molecule has 0 aromatic rings. The van der Waals surface area contributed by atoms with E-state index >= 15 is 0 Å². The van der Waals surface area contributed by atoms with Crippen LogP contribution in [0.25, 0.3) is 0 Å². The zero-order chi connectivity index (χ0) is 21.1. The van der Waals surface area contributed by atoms with Crippen LogP contribution >= 0.6 is 0 Å². The van der Waals surface area contributed by atoms with Crippen LogP contribution in [0.1, 0.15) is 81.1 Å². The molecule has 0 fully saturated rings. The molecule has 0 aliphatic rings. The summed E-state index contributed by atoms with van der Waals surface area (Å²) in [5.41, 5.74) is -0.827. The van der Waals surface area contributed by atoms with E-state index in [4.69, 9.17) is 0 Å². The molecule has 0 amide bonds. The van der Waals surface area contributed by atoms with Gasteiger partial charge in [-0.15, -0.1) is 0 Å². The Hall–Kier alpha value is -0.420. The second-order valence-corrected chi connectivity index (χ2v) is 10.1. The molecule has 0 nitrogen and oxygen atoms in total. The van der Waals surface area contributed by atoms with Crippen molar-refractivity contribution in [3.05, 3.63) is 0 Å². The Labute approximate surface area is 155 Å². The van der Waals surface area contributed by atoms with Gasteiger partial charge in [0, 0.05) is 6.42 Å². The zero-order valence-electron chi connectivity index (χ0n) is 17.4. The van der Waals surface area contributed by atoms with Crippen LogP contribution < -0.4 is 0 Å². The molecule has 0 aliphatic heterocycles. The van der Waals surface area contributed by atoms with Crippen molar-refractivity contribution in [2.24, 2.45) is 34.5 Å².